The normalized spacial score (nSPS) is 23.5. The number of hydrogen-bond donors (Lipinski definition) is 1. The Morgan fingerprint density at radius 1 is 1.24 bits per heavy atom. The lowest BCUT2D eigenvalue weighted by molar-refractivity contribution is -0.116. The number of β-amino-alcohol motifs (C(OH)–C–C–N with tert-alkyl or cyclic N) is 1. The molecule has 2 nitrogen and oxygen atoms in total. The van der Waals surface area contributed by atoms with Crippen LogP contribution in [0, 0.1) is 17.6 Å². The molecule has 1 heterocycles. The highest BCUT2D eigenvalue weighted by molar-refractivity contribution is 5.19. The first-order chi connectivity index (χ1) is 8.07. The second kappa shape index (κ2) is 3.75. The van der Waals surface area contributed by atoms with Crippen molar-refractivity contribution < 1.29 is 13.9 Å². The van der Waals surface area contributed by atoms with Gasteiger partial charge in [-0.05, 0) is 36.5 Å². The third kappa shape index (κ3) is 2.07. The largest absolute Gasteiger partial charge is 0.387 e. The van der Waals surface area contributed by atoms with Crippen LogP contribution in [0.25, 0.3) is 0 Å². The maximum Gasteiger partial charge on any atom is 0.159 e. The fourth-order valence-corrected chi connectivity index (χ4v) is 2.61. The van der Waals surface area contributed by atoms with Crippen molar-refractivity contribution in [2.24, 2.45) is 5.92 Å². The molecule has 0 spiro atoms. The summed E-state index contributed by atoms with van der Waals surface area (Å²) < 4.78 is 25.7. The molecule has 2 aliphatic rings. The highest BCUT2D eigenvalue weighted by atomic mass is 19.2. The van der Waals surface area contributed by atoms with E-state index in [1.54, 1.807) is 6.07 Å². The fourth-order valence-electron chi connectivity index (χ4n) is 2.61. The Morgan fingerprint density at radius 2 is 1.94 bits per heavy atom. The first-order valence-corrected chi connectivity index (χ1v) is 5.95. The molecule has 0 amide bonds. The third-order valence-electron chi connectivity index (χ3n) is 3.72. The van der Waals surface area contributed by atoms with E-state index in [1.165, 1.54) is 6.07 Å². The maximum absolute atomic E-state index is 13.0. The molecule has 4 heteroatoms. The molecule has 0 aromatic heterocycles. The molecule has 0 atom stereocenters. The Morgan fingerprint density at radius 3 is 2.53 bits per heavy atom. The van der Waals surface area contributed by atoms with E-state index in [9.17, 15) is 13.9 Å². The van der Waals surface area contributed by atoms with Crippen molar-refractivity contribution in [3.05, 3.63) is 35.4 Å². The van der Waals surface area contributed by atoms with Gasteiger partial charge in [0.25, 0.3) is 0 Å². The zero-order chi connectivity index (χ0) is 12.0. The van der Waals surface area contributed by atoms with Crippen molar-refractivity contribution in [2.75, 3.05) is 13.1 Å². The van der Waals surface area contributed by atoms with Gasteiger partial charge in [0.1, 0.15) is 0 Å². The Bertz CT molecular complexity index is 439. The second-order valence-corrected chi connectivity index (χ2v) is 5.27. The van der Waals surface area contributed by atoms with Gasteiger partial charge in [0, 0.05) is 19.6 Å². The third-order valence-corrected chi connectivity index (χ3v) is 3.72. The lowest BCUT2D eigenvalue weighted by Crippen LogP contribution is -2.62. The van der Waals surface area contributed by atoms with Gasteiger partial charge in [-0.25, -0.2) is 8.78 Å². The lowest BCUT2D eigenvalue weighted by Gasteiger charge is -2.47. The SMILES string of the molecule is OC1(C2CC2)CN(Cc2ccc(F)c(F)c2)C1. The van der Waals surface area contributed by atoms with Crippen LogP contribution >= 0.6 is 0 Å². The van der Waals surface area contributed by atoms with Crippen molar-refractivity contribution >= 4 is 0 Å². The predicted molar refractivity (Wildman–Crippen MR) is 59.3 cm³/mol. The van der Waals surface area contributed by atoms with Gasteiger partial charge in [0.2, 0.25) is 0 Å². The number of likely N-dealkylation sites (tertiary alicyclic amines) is 1. The minimum absolute atomic E-state index is 0.462. The molecule has 17 heavy (non-hydrogen) atoms. The van der Waals surface area contributed by atoms with Crippen LogP contribution in [0.4, 0.5) is 8.78 Å². The average Bonchev–Trinajstić information content (AvgIpc) is 3.04. The molecule has 1 aliphatic carbocycles. The van der Waals surface area contributed by atoms with Gasteiger partial charge in [-0.15, -0.1) is 0 Å². The van der Waals surface area contributed by atoms with Crippen LogP contribution in [0.5, 0.6) is 0 Å². The number of halogens is 2. The van der Waals surface area contributed by atoms with E-state index in [0.29, 0.717) is 25.6 Å². The maximum atomic E-state index is 13.0. The van der Waals surface area contributed by atoms with Gasteiger partial charge in [-0.1, -0.05) is 6.07 Å². The molecule has 0 unspecified atom stereocenters. The number of nitrogens with zero attached hydrogens (tertiary/aromatic N) is 1. The van der Waals surface area contributed by atoms with E-state index in [4.69, 9.17) is 0 Å². The Hall–Kier alpha value is -1.00. The van der Waals surface area contributed by atoms with Crippen LogP contribution in [-0.2, 0) is 6.54 Å². The summed E-state index contributed by atoms with van der Waals surface area (Å²) in [5.41, 5.74) is 0.236. The van der Waals surface area contributed by atoms with Crippen molar-refractivity contribution in [1.82, 2.24) is 4.90 Å². The summed E-state index contributed by atoms with van der Waals surface area (Å²) in [7, 11) is 0. The smallest absolute Gasteiger partial charge is 0.159 e. The Balaban J connectivity index is 1.59. The van der Waals surface area contributed by atoms with Gasteiger partial charge in [0.15, 0.2) is 11.6 Å². The second-order valence-electron chi connectivity index (χ2n) is 5.27. The molecular formula is C13H15F2NO. The molecule has 1 saturated heterocycles. The highest BCUT2D eigenvalue weighted by Gasteiger charge is 2.51. The molecule has 0 bridgehead atoms. The molecule has 92 valence electrons. The quantitative estimate of drug-likeness (QED) is 0.871. The molecule has 1 aromatic carbocycles. The lowest BCUT2D eigenvalue weighted by atomic mass is 9.88. The van der Waals surface area contributed by atoms with E-state index in [1.807, 2.05) is 0 Å². The molecule has 2 fully saturated rings. The summed E-state index contributed by atoms with van der Waals surface area (Å²) in [5.74, 6) is -1.16. The van der Waals surface area contributed by atoms with Gasteiger partial charge in [0.05, 0.1) is 5.60 Å². The van der Waals surface area contributed by atoms with Crippen LogP contribution in [0.3, 0.4) is 0 Å². The molecule has 1 N–H and O–H groups in total. The molecule has 1 aromatic rings. The van der Waals surface area contributed by atoms with E-state index in [2.05, 4.69) is 4.90 Å². The predicted octanol–water partition coefficient (Wildman–Crippen LogP) is 1.92. The van der Waals surface area contributed by atoms with E-state index >= 15 is 0 Å². The monoisotopic (exact) mass is 239 g/mol. The zero-order valence-corrected chi connectivity index (χ0v) is 9.50. The number of rotatable bonds is 3. The topological polar surface area (TPSA) is 23.5 Å². The first kappa shape index (κ1) is 11.1. The van der Waals surface area contributed by atoms with Crippen LogP contribution in [0.15, 0.2) is 18.2 Å². The number of hydrogen-bond acceptors (Lipinski definition) is 2. The molecule has 1 saturated carbocycles. The van der Waals surface area contributed by atoms with Crippen LogP contribution in [0.1, 0.15) is 18.4 Å². The fraction of sp³-hybridized carbons (Fsp3) is 0.538. The molecular weight excluding hydrogens is 224 g/mol. The summed E-state index contributed by atoms with van der Waals surface area (Å²) in [4.78, 5) is 2.06. The van der Waals surface area contributed by atoms with E-state index in [0.717, 1.165) is 24.5 Å². The summed E-state index contributed by atoms with van der Waals surface area (Å²) in [6.07, 6.45) is 2.24. The highest BCUT2D eigenvalue weighted by Crippen LogP contribution is 2.44. The summed E-state index contributed by atoms with van der Waals surface area (Å²) in [5, 5.41) is 10.1. The summed E-state index contributed by atoms with van der Waals surface area (Å²) in [6, 6.07) is 3.97. The summed E-state index contributed by atoms with van der Waals surface area (Å²) in [6.45, 7) is 1.87. The van der Waals surface area contributed by atoms with Crippen molar-refractivity contribution in [3.63, 3.8) is 0 Å². The minimum atomic E-state index is -0.813. The van der Waals surface area contributed by atoms with Crippen LogP contribution in [-0.4, -0.2) is 28.7 Å². The summed E-state index contributed by atoms with van der Waals surface area (Å²) >= 11 is 0. The molecule has 0 radical (unpaired) electrons. The van der Waals surface area contributed by atoms with Gasteiger partial charge >= 0.3 is 0 Å². The standard InChI is InChI=1S/C13H15F2NO/c14-11-4-1-9(5-12(11)15)6-16-7-13(17,8-16)10-2-3-10/h1,4-5,10,17H,2-3,6-8H2. The Kier molecular flexibility index (Phi) is 2.45. The molecule has 1 aliphatic heterocycles. The van der Waals surface area contributed by atoms with Crippen molar-refractivity contribution in [3.8, 4) is 0 Å². The van der Waals surface area contributed by atoms with Crippen LogP contribution < -0.4 is 0 Å². The van der Waals surface area contributed by atoms with E-state index in [-0.39, 0.29) is 0 Å². The van der Waals surface area contributed by atoms with Gasteiger partial charge < -0.3 is 5.11 Å². The minimum Gasteiger partial charge on any atom is -0.387 e. The average molecular weight is 239 g/mol. The van der Waals surface area contributed by atoms with Gasteiger partial charge in [-0.2, -0.15) is 0 Å². The molecule has 3 rings (SSSR count). The van der Waals surface area contributed by atoms with E-state index < -0.39 is 17.2 Å². The van der Waals surface area contributed by atoms with Crippen LogP contribution in [0.2, 0.25) is 0 Å². The number of benzene rings is 1. The Labute approximate surface area is 98.9 Å². The van der Waals surface area contributed by atoms with Gasteiger partial charge in [-0.3, -0.25) is 4.90 Å². The van der Waals surface area contributed by atoms with Crippen molar-refractivity contribution in [2.45, 2.75) is 25.0 Å². The number of aliphatic hydroxyl groups is 1. The zero-order valence-electron chi connectivity index (χ0n) is 9.50. The van der Waals surface area contributed by atoms with Crippen molar-refractivity contribution in [1.29, 1.82) is 0 Å². The first-order valence-electron chi connectivity index (χ1n) is 5.95.